The molecule has 0 bridgehead atoms. The number of benzene rings is 1. The Morgan fingerprint density at radius 3 is 2.61 bits per heavy atom. The fraction of sp³-hybridized carbons (Fsp3) is 0.333. The maximum atomic E-state index is 13.5. The highest BCUT2D eigenvalue weighted by molar-refractivity contribution is 5.81. The number of nitrogens with one attached hydrogen (secondary N) is 1. The lowest BCUT2D eigenvalue weighted by Crippen LogP contribution is -2.31. The lowest BCUT2D eigenvalue weighted by Gasteiger charge is -2.11. The summed E-state index contributed by atoms with van der Waals surface area (Å²) in [6, 6.07) is 0.822. The zero-order valence-electron chi connectivity index (χ0n) is 10.0. The van der Waals surface area contributed by atoms with Crippen molar-refractivity contribution >= 4 is 10.9 Å². The summed E-state index contributed by atoms with van der Waals surface area (Å²) in [6.45, 7) is 3.53. The van der Waals surface area contributed by atoms with Gasteiger partial charge in [-0.1, -0.05) is 6.92 Å². The second-order valence-corrected chi connectivity index (χ2v) is 4.10. The van der Waals surface area contributed by atoms with Crippen LogP contribution in [0.25, 0.3) is 10.9 Å². The van der Waals surface area contributed by atoms with E-state index in [2.05, 4.69) is 4.98 Å². The minimum atomic E-state index is -1.09. The highest BCUT2D eigenvalue weighted by Gasteiger charge is 2.16. The van der Waals surface area contributed by atoms with Crippen LogP contribution in [0.5, 0.6) is 0 Å². The van der Waals surface area contributed by atoms with Crippen LogP contribution in [0.1, 0.15) is 18.9 Å². The molecular weight excluding hydrogens is 242 g/mol. The van der Waals surface area contributed by atoms with E-state index in [0.717, 1.165) is 6.07 Å². The molecule has 1 aromatic heterocycles. The predicted octanol–water partition coefficient (Wildman–Crippen LogP) is 1.69. The fourth-order valence-electron chi connectivity index (χ4n) is 2.03. The number of H-pyrrole nitrogens is 1. The van der Waals surface area contributed by atoms with Crippen LogP contribution < -0.4 is 11.2 Å². The van der Waals surface area contributed by atoms with E-state index in [0.29, 0.717) is 13.0 Å². The van der Waals surface area contributed by atoms with Crippen molar-refractivity contribution in [3.63, 3.8) is 0 Å². The number of rotatable bonds is 2. The number of fused-ring (bicyclic) bond motifs is 1. The van der Waals surface area contributed by atoms with Gasteiger partial charge in [-0.15, -0.1) is 0 Å². The lowest BCUT2D eigenvalue weighted by atomic mass is 10.1. The van der Waals surface area contributed by atoms with Crippen molar-refractivity contribution in [3.8, 4) is 0 Å². The molecule has 1 aromatic carbocycles. The van der Waals surface area contributed by atoms with E-state index in [-0.39, 0.29) is 16.5 Å². The number of aryl methyl sites for hydroxylation is 2. The summed E-state index contributed by atoms with van der Waals surface area (Å²) in [4.78, 5) is 25.4. The van der Waals surface area contributed by atoms with Crippen molar-refractivity contribution in [1.29, 1.82) is 0 Å². The van der Waals surface area contributed by atoms with E-state index in [1.165, 1.54) is 11.5 Å². The summed E-state index contributed by atoms with van der Waals surface area (Å²) in [5, 5.41) is -0.0144. The van der Waals surface area contributed by atoms with Gasteiger partial charge in [-0.25, -0.2) is 13.6 Å². The minimum absolute atomic E-state index is 0.0144. The van der Waals surface area contributed by atoms with Crippen LogP contribution >= 0.6 is 0 Å². The summed E-state index contributed by atoms with van der Waals surface area (Å²) < 4.78 is 28.1. The van der Waals surface area contributed by atoms with Gasteiger partial charge < -0.3 is 0 Å². The summed E-state index contributed by atoms with van der Waals surface area (Å²) in [5.41, 5.74) is -1.18. The van der Waals surface area contributed by atoms with E-state index in [1.54, 1.807) is 0 Å². The molecule has 0 saturated heterocycles. The van der Waals surface area contributed by atoms with E-state index in [9.17, 15) is 18.4 Å². The molecule has 0 aliphatic heterocycles. The van der Waals surface area contributed by atoms with Gasteiger partial charge in [-0.05, 0) is 19.4 Å². The molecule has 4 nitrogen and oxygen atoms in total. The van der Waals surface area contributed by atoms with Crippen molar-refractivity contribution < 1.29 is 8.78 Å². The summed E-state index contributed by atoms with van der Waals surface area (Å²) in [6.07, 6.45) is 0.638. The summed E-state index contributed by atoms with van der Waals surface area (Å²) in [7, 11) is 0. The second-order valence-electron chi connectivity index (χ2n) is 4.10. The molecule has 0 aliphatic carbocycles. The number of aromatic amines is 1. The van der Waals surface area contributed by atoms with Gasteiger partial charge in [0.1, 0.15) is 0 Å². The van der Waals surface area contributed by atoms with Gasteiger partial charge >= 0.3 is 5.69 Å². The maximum absolute atomic E-state index is 13.5. The molecule has 0 radical (unpaired) electrons. The smallest absolute Gasteiger partial charge is 0.293 e. The van der Waals surface area contributed by atoms with E-state index < -0.39 is 22.9 Å². The SMILES string of the molecule is CCCn1c(=O)[nH]c(=O)c2cc(F)c(F)c(C)c21. The van der Waals surface area contributed by atoms with Crippen molar-refractivity contribution in [1.82, 2.24) is 9.55 Å². The average molecular weight is 254 g/mol. The summed E-state index contributed by atoms with van der Waals surface area (Å²) in [5.74, 6) is -2.12. The molecule has 96 valence electrons. The molecule has 1 heterocycles. The highest BCUT2D eigenvalue weighted by atomic mass is 19.2. The van der Waals surface area contributed by atoms with Gasteiger partial charge in [0.2, 0.25) is 0 Å². The standard InChI is InChI=1S/C12H12F2N2O2/c1-3-4-16-10-6(2)9(14)8(13)5-7(10)11(17)15-12(16)18/h5H,3-4H2,1-2H3,(H,15,17,18). The first kappa shape index (κ1) is 12.5. The number of hydrogen-bond donors (Lipinski definition) is 1. The number of hydrogen-bond acceptors (Lipinski definition) is 2. The third-order valence-corrected chi connectivity index (χ3v) is 2.85. The molecule has 18 heavy (non-hydrogen) atoms. The van der Waals surface area contributed by atoms with E-state index in [4.69, 9.17) is 0 Å². The fourth-order valence-corrected chi connectivity index (χ4v) is 2.03. The van der Waals surface area contributed by atoms with Crippen LogP contribution in [0.3, 0.4) is 0 Å². The van der Waals surface area contributed by atoms with Crippen LogP contribution in [0.4, 0.5) is 8.78 Å². The molecule has 0 fully saturated rings. The first-order chi connectivity index (χ1) is 8.47. The molecule has 1 N–H and O–H groups in total. The first-order valence-corrected chi connectivity index (χ1v) is 5.58. The van der Waals surface area contributed by atoms with Crippen LogP contribution in [0.2, 0.25) is 0 Å². The van der Waals surface area contributed by atoms with Crippen molar-refractivity contribution in [2.24, 2.45) is 0 Å². The maximum Gasteiger partial charge on any atom is 0.328 e. The molecular formula is C12H12F2N2O2. The summed E-state index contributed by atoms with van der Waals surface area (Å²) >= 11 is 0. The molecule has 0 amide bonds. The Morgan fingerprint density at radius 1 is 1.33 bits per heavy atom. The van der Waals surface area contributed by atoms with Gasteiger partial charge in [0.25, 0.3) is 5.56 Å². The zero-order valence-corrected chi connectivity index (χ0v) is 10.0. The predicted molar refractivity (Wildman–Crippen MR) is 63.8 cm³/mol. The molecule has 0 aliphatic rings. The van der Waals surface area contributed by atoms with Crippen LogP contribution in [-0.2, 0) is 6.54 Å². The molecule has 0 saturated carbocycles. The number of halogens is 2. The second kappa shape index (κ2) is 4.36. The Kier molecular flexibility index (Phi) is 3.02. The van der Waals surface area contributed by atoms with Crippen molar-refractivity contribution in [2.75, 3.05) is 0 Å². The Hall–Kier alpha value is -1.98. The quantitative estimate of drug-likeness (QED) is 0.886. The minimum Gasteiger partial charge on any atom is -0.293 e. The average Bonchev–Trinajstić information content (AvgIpc) is 2.32. The number of nitrogens with zero attached hydrogens (tertiary/aromatic N) is 1. The van der Waals surface area contributed by atoms with Gasteiger partial charge in [-0.3, -0.25) is 14.3 Å². The molecule has 0 spiro atoms. The van der Waals surface area contributed by atoms with Crippen LogP contribution in [0, 0.1) is 18.6 Å². The first-order valence-electron chi connectivity index (χ1n) is 5.58. The third kappa shape index (κ3) is 1.73. The molecule has 0 unspecified atom stereocenters. The molecule has 6 heteroatoms. The van der Waals surface area contributed by atoms with E-state index in [1.807, 2.05) is 6.92 Å². The molecule has 0 atom stereocenters. The topological polar surface area (TPSA) is 54.9 Å². The van der Waals surface area contributed by atoms with Crippen molar-refractivity contribution in [3.05, 3.63) is 44.1 Å². The number of aromatic nitrogens is 2. The van der Waals surface area contributed by atoms with Gasteiger partial charge in [0, 0.05) is 12.1 Å². The van der Waals surface area contributed by atoms with Gasteiger partial charge in [-0.2, -0.15) is 0 Å². The Bertz CT molecular complexity index is 731. The molecule has 2 aromatic rings. The van der Waals surface area contributed by atoms with Gasteiger partial charge in [0.05, 0.1) is 10.9 Å². The normalized spacial score (nSPS) is 11.1. The Morgan fingerprint density at radius 2 is 2.00 bits per heavy atom. The lowest BCUT2D eigenvalue weighted by molar-refractivity contribution is 0.503. The Labute approximate surface area is 101 Å². The van der Waals surface area contributed by atoms with E-state index >= 15 is 0 Å². The van der Waals surface area contributed by atoms with Crippen molar-refractivity contribution in [2.45, 2.75) is 26.8 Å². The highest BCUT2D eigenvalue weighted by Crippen LogP contribution is 2.20. The Balaban J connectivity index is 3.06. The molecule has 2 rings (SSSR count). The zero-order chi connectivity index (χ0) is 13.4. The van der Waals surface area contributed by atoms with Gasteiger partial charge in [0.15, 0.2) is 11.6 Å². The largest absolute Gasteiger partial charge is 0.328 e. The third-order valence-electron chi connectivity index (χ3n) is 2.85. The van der Waals surface area contributed by atoms with Crippen LogP contribution in [0.15, 0.2) is 15.7 Å². The van der Waals surface area contributed by atoms with Crippen LogP contribution in [-0.4, -0.2) is 9.55 Å². The monoisotopic (exact) mass is 254 g/mol.